The maximum atomic E-state index is 12.5. The van der Waals surface area contributed by atoms with Crippen molar-refractivity contribution in [3.63, 3.8) is 0 Å². The molecule has 128 valence electrons. The first-order valence-corrected chi connectivity index (χ1v) is 7.77. The second-order valence-electron chi connectivity index (χ2n) is 6.04. The van der Waals surface area contributed by atoms with Crippen LogP contribution in [0.1, 0.15) is 32.0 Å². The molecule has 0 saturated carbocycles. The predicted molar refractivity (Wildman–Crippen MR) is 95.0 cm³/mol. The van der Waals surface area contributed by atoms with Crippen LogP contribution >= 0.6 is 23.8 Å². The van der Waals surface area contributed by atoms with Crippen molar-refractivity contribution in [1.82, 2.24) is 14.9 Å². The summed E-state index contributed by atoms with van der Waals surface area (Å²) in [6.45, 7) is 5.60. The number of aromatic nitrogens is 3. The number of ether oxygens (including phenoxy) is 1. The molecule has 0 fully saturated rings. The Morgan fingerprint density at radius 2 is 2.12 bits per heavy atom. The van der Waals surface area contributed by atoms with Gasteiger partial charge in [0.1, 0.15) is 5.69 Å². The number of benzene rings is 1. The van der Waals surface area contributed by atoms with Crippen molar-refractivity contribution >= 4 is 30.0 Å². The predicted octanol–water partition coefficient (Wildman–Crippen LogP) is 2.85. The lowest BCUT2D eigenvalue weighted by Crippen LogP contribution is -2.32. The molecule has 0 aliphatic carbocycles. The maximum absolute atomic E-state index is 12.5. The van der Waals surface area contributed by atoms with Gasteiger partial charge in [0.05, 0.1) is 18.3 Å². The van der Waals surface area contributed by atoms with E-state index in [-0.39, 0.29) is 21.3 Å². The Hall–Kier alpha value is -2.19. The van der Waals surface area contributed by atoms with Gasteiger partial charge < -0.3 is 9.84 Å². The number of phenols is 1. The van der Waals surface area contributed by atoms with Crippen LogP contribution in [0.2, 0.25) is 5.02 Å². The zero-order valence-electron chi connectivity index (χ0n) is 13.6. The zero-order chi connectivity index (χ0) is 18.1. The lowest BCUT2D eigenvalue weighted by molar-refractivity contribution is 0.373. The van der Waals surface area contributed by atoms with Gasteiger partial charge in [-0.15, -0.1) is 0 Å². The molecule has 2 rings (SSSR count). The van der Waals surface area contributed by atoms with Crippen molar-refractivity contribution in [3.05, 3.63) is 43.5 Å². The van der Waals surface area contributed by atoms with Gasteiger partial charge in [0.2, 0.25) is 4.77 Å². The van der Waals surface area contributed by atoms with Gasteiger partial charge in [0.15, 0.2) is 11.5 Å². The van der Waals surface area contributed by atoms with Crippen molar-refractivity contribution in [3.8, 4) is 11.5 Å². The molecule has 2 N–H and O–H groups in total. The number of aromatic hydroxyl groups is 1. The van der Waals surface area contributed by atoms with Crippen LogP contribution in [0, 0.1) is 4.77 Å². The lowest BCUT2D eigenvalue weighted by Gasteiger charge is -2.16. The Labute approximate surface area is 148 Å². The quantitative estimate of drug-likeness (QED) is 0.642. The van der Waals surface area contributed by atoms with Crippen LogP contribution in [-0.4, -0.2) is 33.3 Å². The summed E-state index contributed by atoms with van der Waals surface area (Å²) in [4.78, 5) is 12.5. The molecule has 24 heavy (non-hydrogen) atoms. The van der Waals surface area contributed by atoms with Gasteiger partial charge in [-0.2, -0.15) is 14.9 Å². The van der Waals surface area contributed by atoms with Crippen LogP contribution in [0.15, 0.2) is 22.0 Å². The normalized spacial score (nSPS) is 11.9. The summed E-state index contributed by atoms with van der Waals surface area (Å²) in [5.74, 6) is 0.0382. The SMILES string of the molecule is COc1cc(/C=N\n2c(=S)[nH]nc(C(C)(C)C)c2=O)cc(Cl)c1O. The van der Waals surface area contributed by atoms with E-state index in [0.717, 1.165) is 4.68 Å². The number of methoxy groups -OCH3 is 1. The van der Waals surface area contributed by atoms with Gasteiger partial charge in [-0.25, -0.2) is 0 Å². The van der Waals surface area contributed by atoms with Gasteiger partial charge >= 0.3 is 0 Å². The molecular weight excluding hydrogens is 352 g/mol. The van der Waals surface area contributed by atoms with Crippen molar-refractivity contribution in [2.24, 2.45) is 5.10 Å². The number of hydrogen-bond donors (Lipinski definition) is 2. The number of halogens is 1. The van der Waals surface area contributed by atoms with E-state index in [0.29, 0.717) is 11.3 Å². The highest BCUT2D eigenvalue weighted by atomic mass is 35.5. The minimum atomic E-state index is -0.459. The molecule has 0 spiro atoms. The van der Waals surface area contributed by atoms with Crippen molar-refractivity contribution in [1.29, 1.82) is 0 Å². The van der Waals surface area contributed by atoms with Crippen LogP contribution in [0.25, 0.3) is 0 Å². The molecule has 1 heterocycles. The van der Waals surface area contributed by atoms with Crippen molar-refractivity contribution in [2.75, 3.05) is 7.11 Å². The summed E-state index contributed by atoms with van der Waals surface area (Å²) in [7, 11) is 1.41. The number of phenolic OH excluding ortho intramolecular Hbond substituents is 1. The fraction of sp³-hybridized carbons (Fsp3) is 0.333. The number of nitrogens with zero attached hydrogens (tertiary/aromatic N) is 3. The summed E-state index contributed by atoms with van der Waals surface area (Å²) >= 11 is 11.0. The average Bonchev–Trinajstić information content (AvgIpc) is 2.48. The summed E-state index contributed by atoms with van der Waals surface area (Å²) in [5, 5.41) is 20.6. The Morgan fingerprint density at radius 3 is 2.71 bits per heavy atom. The summed E-state index contributed by atoms with van der Waals surface area (Å²) < 4.78 is 6.15. The van der Waals surface area contributed by atoms with E-state index >= 15 is 0 Å². The monoisotopic (exact) mass is 368 g/mol. The minimum absolute atomic E-state index is 0.0705. The fourth-order valence-electron chi connectivity index (χ4n) is 1.93. The number of aromatic amines is 1. The third-order valence-electron chi connectivity index (χ3n) is 3.15. The average molecular weight is 369 g/mol. The number of hydrogen-bond acceptors (Lipinski definition) is 6. The first-order valence-electron chi connectivity index (χ1n) is 6.98. The number of rotatable bonds is 3. The van der Waals surface area contributed by atoms with Gasteiger partial charge in [-0.05, 0) is 29.9 Å². The van der Waals surface area contributed by atoms with E-state index in [1.165, 1.54) is 25.5 Å². The molecule has 7 nitrogen and oxygen atoms in total. The van der Waals surface area contributed by atoms with Gasteiger partial charge in [0, 0.05) is 5.41 Å². The van der Waals surface area contributed by atoms with E-state index in [1.807, 2.05) is 20.8 Å². The highest BCUT2D eigenvalue weighted by Gasteiger charge is 2.21. The van der Waals surface area contributed by atoms with Gasteiger partial charge in [-0.3, -0.25) is 9.89 Å². The summed E-state index contributed by atoms with van der Waals surface area (Å²) in [6.07, 6.45) is 1.39. The maximum Gasteiger partial charge on any atom is 0.297 e. The third-order valence-corrected chi connectivity index (χ3v) is 3.71. The Balaban J connectivity index is 2.53. The molecule has 0 atom stereocenters. The molecule has 0 unspecified atom stereocenters. The molecule has 0 saturated heterocycles. The van der Waals surface area contributed by atoms with E-state index in [1.54, 1.807) is 0 Å². The molecule has 0 amide bonds. The lowest BCUT2D eigenvalue weighted by atomic mass is 9.93. The van der Waals surface area contributed by atoms with Crippen LogP contribution in [0.4, 0.5) is 0 Å². The Kier molecular flexibility index (Phi) is 5.10. The molecule has 1 aromatic carbocycles. The zero-order valence-corrected chi connectivity index (χ0v) is 15.2. The Bertz CT molecular complexity index is 912. The Morgan fingerprint density at radius 1 is 1.46 bits per heavy atom. The van der Waals surface area contributed by atoms with Crippen LogP contribution < -0.4 is 10.3 Å². The molecule has 0 bridgehead atoms. The smallest absolute Gasteiger partial charge is 0.297 e. The standard InChI is InChI=1S/C15H17ClN4O3S/c1-15(2,3)12-13(22)20(14(24)19-18-12)17-7-8-5-9(16)11(21)10(6-8)23-4/h5-7,21H,1-4H3,(H,19,24)/b17-7-. The van der Waals surface area contributed by atoms with Crippen LogP contribution in [0.3, 0.4) is 0 Å². The molecule has 0 aliphatic rings. The molecule has 9 heteroatoms. The van der Waals surface area contributed by atoms with Crippen molar-refractivity contribution < 1.29 is 9.84 Å². The minimum Gasteiger partial charge on any atom is -0.503 e. The fourth-order valence-corrected chi connectivity index (χ4v) is 2.33. The van der Waals surface area contributed by atoms with E-state index in [2.05, 4.69) is 15.3 Å². The van der Waals surface area contributed by atoms with E-state index in [9.17, 15) is 9.90 Å². The van der Waals surface area contributed by atoms with Crippen LogP contribution in [0.5, 0.6) is 11.5 Å². The first kappa shape index (κ1) is 18.2. The van der Waals surface area contributed by atoms with Gasteiger partial charge in [-0.1, -0.05) is 32.4 Å². The third kappa shape index (κ3) is 3.65. The van der Waals surface area contributed by atoms with Gasteiger partial charge in [0.25, 0.3) is 5.56 Å². The number of nitrogens with one attached hydrogen (secondary N) is 1. The molecule has 0 aliphatic heterocycles. The second-order valence-corrected chi connectivity index (χ2v) is 6.84. The number of H-pyrrole nitrogens is 1. The topological polar surface area (TPSA) is 92.5 Å². The molecular formula is C15H17ClN4O3S. The highest BCUT2D eigenvalue weighted by molar-refractivity contribution is 7.71. The van der Waals surface area contributed by atoms with E-state index < -0.39 is 11.0 Å². The largest absolute Gasteiger partial charge is 0.503 e. The highest BCUT2D eigenvalue weighted by Crippen LogP contribution is 2.34. The van der Waals surface area contributed by atoms with E-state index in [4.69, 9.17) is 28.6 Å². The molecule has 1 aromatic heterocycles. The summed E-state index contributed by atoms with van der Waals surface area (Å²) in [5.41, 5.74) is -0.0159. The van der Waals surface area contributed by atoms with Crippen molar-refractivity contribution in [2.45, 2.75) is 26.2 Å². The molecule has 0 radical (unpaired) electrons. The summed E-state index contributed by atoms with van der Waals surface area (Å²) in [6, 6.07) is 3.03. The van der Waals surface area contributed by atoms with Crippen LogP contribution in [-0.2, 0) is 5.41 Å². The first-order chi connectivity index (χ1) is 11.1. The molecule has 2 aromatic rings. The second kappa shape index (κ2) is 6.74.